The highest BCUT2D eigenvalue weighted by Crippen LogP contribution is 2.21. The minimum Gasteiger partial charge on any atom is -0.297 e. The van der Waals surface area contributed by atoms with Crippen molar-refractivity contribution in [1.82, 2.24) is 9.97 Å². The standard InChI is InChI=1S/C10H8N2OS/c1-7-2-3-11-10(12-7)8-4-9(5-13)14-6-8/h2-6H,1H3. The Morgan fingerprint density at radius 1 is 1.50 bits per heavy atom. The van der Waals surface area contributed by atoms with Gasteiger partial charge in [0, 0.05) is 22.8 Å². The summed E-state index contributed by atoms with van der Waals surface area (Å²) in [5.74, 6) is 0.675. The van der Waals surface area contributed by atoms with Crippen LogP contribution in [0.2, 0.25) is 0 Å². The summed E-state index contributed by atoms with van der Waals surface area (Å²) in [4.78, 5) is 19.6. The van der Waals surface area contributed by atoms with Gasteiger partial charge in [-0.15, -0.1) is 11.3 Å². The zero-order valence-corrected chi connectivity index (χ0v) is 8.41. The van der Waals surface area contributed by atoms with Crippen molar-refractivity contribution in [2.45, 2.75) is 6.92 Å². The van der Waals surface area contributed by atoms with Crippen molar-refractivity contribution < 1.29 is 4.79 Å². The molecule has 2 heterocycles. The van der Waals surface area contributed by atoms with Crippen LogP contribution in [0.25, 0.3) is 11.4 Å². The summed E-state index contributed by atoms with van der Waals surface area (Å²) in [6.45, 7) is 1.91. The Morgan fingerprint density at radius 2 is 2.36 bits per heavy atom. The maximum Gasteiger partial charge on any atom is 0.160 e. The smallest absolute Gasteiger partial charge is 0.160 e. The van der Waals surface area contributed by atoms with E-state index in [1.165, 1.54) is 11.3 Å². The summed E-state index contributed by atoms with van der Waals surface area (Å²) in [7, 11) is 0. The molecule has 0 fully saturated rings. The lowest BCUT2D eigenvalue weighted by Gasteiger charge is -1.95. The number of hydrogen-bond donors (Lipinski definition) is 0. The Labute approximate surface area is 85.5 Å². The fourth-order valence-corrected chi connectivity index (χ4v) is 1.81. The molecule has 70 valence electrons. The first kappa shape index (κ1) is 9.02. The first-order valence-electron chi connectivity index (χ1n) is 4.13. The van der Waals surface area contributed by atoms with Gasteiger partial charge < -0.3 is 0 Å². The SMILES string of the molecule is Cc1ccnc(-c2csc(C=O)c2)n1. The minimum atomic E-state index is 0.675. The fourth-order valence-electron chi connectivity index (χ4n) is 1.12. The molecule has 3 nitrogen and oxygen atoms in total. The summed E-state index contributed by atoms with van der Waals surface area (Å²) in [5.41, 5.74) is 1.83. The summed E-state index contributed by atoms with van der Waals surface area (Å²) in [5, 5.41) is 1.89. The van der Waals surface area contributed by atoms with E-state index in [2.05, 4.69) is 9.97 Å². The zero-order valence-electron chi connectivity index (χ0n) is 7.60. The van der Waals surface area contributed by atoms with Crippen molar-refractivity contribution in [2.24, 2.45) is 0 Å². The van der Waals surface area contributed by atoms with Crippen LogP contribution < -0.4 is 0 Å². The van der Waals surface area contributed by atoms with Crippen LogP contribution in [-0.2, 0) is 0 Å². The van der Waals surface area contributed by atoms with E-state index >= 15 is 0 Å². The van der Waals surface area contributed by atoms with Crippen molar-refractivity contribution in [2.75, 3.05) is 0 Å². The number of aryl methyl sites for hydroxylation is 1. The third-order valence-electron chi connectivity index (χ3n) is 1.79. The molecule has 0 aromatic carbocycles. The minimum absolute atomic E-state index is 0.675. The van der Waals surface area contributed by atoms with Gasteiger partial charge in [-0.25, -0.2) is 9.97 Å². The van der Waals surface area contributed by atoms with E-state index in [9.17, 15) is 4.79 Å². The van der Waals surface area contributed by atoms with Crippen LogP contribution in [0.4, 0.5) is 0 Å². The normalized spacial score (nSPS) is 10.1. The highest BCUT2D eigenvalue weighted by Gasteiger charge is 2.04. The van der Waals surface area contributed by atoms with E-state index in [4.69, 9.17) is 0 Å². The van der Waals surface area contributed by atoms with Gasteiger partial charge in [-0.1, -0.05) is 0 Å². The third kappa shape index (κ3) is 1.70. The lowest BCUT2D eigenvalue weighted by atomic mass is 10.3. The predicted molar refractivity (Wildman–Crippen MR) is 55.5 cm³/mol. The predicted octanol–water partition coefficient (Wildman–Crippen LogP) is 2.33. The molecule has 0 unspecified atom stereocenters. The molecule has 0 aliphatic carbocycles. The summed E-state index contributed by atoms with van der Waals surface area (Å²) in [6, 6.07) is 3.64. The molecule has 14 heavy (non-hydrogen) atoms. The summed E-state index contributed by atoms with van der Waals surface area (Å²) in [6.07, 6.45) is 2.56. The van der Waals surface area contributed by atoms with Crippen LogP contribution in [-0.4, -0.2) is 16.3 Å². The Bertz CT molecular complexity index is 465. The van der Waals surface area contributed by atoms with Gasteiger partial charge in [0.1, 0.15) is 0 Å². The average Bonchev–Trinajstić information content (AvgIpc) is 2.66. The van der Waals surface area contributed by atoms with E-state index in [-0.39, 0.29) is 0 Å². The quantitative estimate of drug-likeness (QED) is 0.705. The number of hydrogen-bond acceptors (Lipinski definition) is 4. The van der Waals surface area contributed by atoms with E-state index in [1.807, 2.05) is 18.4 Å². The van der Waals surface area contributed by atoms with Crippen molar-refractivity contribution in [3.63, 3.8) is 0 Å². The molecule has 2 aromatic rings. The topological polar surface area (TPSA) is 42.9 Å². The second-order valence-corrected chi connectivity index (χ2v) is 3.82. The van der Waals surface area contributed by atoms with E-state index in [0.717, 1.165) is 17.5 Å². The zero-order chi connectivity index (χ0) is 9.97. The molecule has 2 aromatic heterocycles. The Balaban J connectivity index is 2.43. The Morgan fingerprint density at radius 3 is 3.00 bits per heavy atom. The van der Waals surface area contributed by atoms with Crippen LogP contribution in [0.15, 0.2) is 23.7 Å². The Hall–Kier alpha value is -1.55. The molecule has 0 saturated heterocycles. The molecular weight excluding hydrogens is 196 g/mol. The largest absolute Gasteiger partial charge is 0.297 e. The summed E-state index contributed by atoms with van der Waals surface area (Å²) >= 11 is 1.40. The van der Waals surface area contributed by atoms with Gasteiger partial charge in [-0.2, -0.15) is 0 Å². The molecule has 0 aliphatic heterocycles. The van der Waals surface area contributed by atoms with E-state index < -0.39 is 0 Å². The van der Waals surface area contributed by atoms with Gasteiger partial charge in [0.15, 0.2) is 12.1 Å². The third-order valence-corrected chi connectivity index (χ3v) is 2.65. The van der Waals surface area contributed by atoms with Crippen molar-refractivity contribution in [1.29, 1.82) is 0 Å². The number of carbonyl (C=O) groups is 1. The summed E-state index contributed by atoms with van der Waals surface area (Å²) < 4.78 is 0. The van der Waals surface area contributed by atoms with Crippen LogP contribution in [0.3, 0.4) is 0 Å². The lowest BCUT2D eigenvalue weighted by molar-refractivity contribution is 0.112. The average molecular weight is 204 g/mol. The van der Waals surface area contributed by atoms with E-state index in [0.29, 0.717) is 10.7 Å². The molecule has 0 atom stereocenters. The fraction of sp³-hybridized carbons (Fsp3) is 0.100. The maximum absolute atomic E-state index is 10.5. The van der Waals surface area contributed by atoms with Gasteiger partial charge in [-0.3, -0.25) is 4.79 Å². The number of aldehydes is 1. The molecule has 0 aliphatic rings. The van der Waals surface area contributed by atoms with Crippen LogP contribution in [0, 0.1) is 6.92 Å². The van der Waals surface area contributed by atoms with Gasteiger partial charge >= 0.3 is 0 Å². The molecule has 4 heteroatoms. The van der Waals surface area contributed by atoms with Gasteiger partial charge in [-0.05, 0) is 19.1 Å². The molecular formula is C10H8N2OS. The van der Waals surface area contributed by atoms with Crippen molar-refractivity contribution in [3.05, 3.63) is 34.3 Å². The molecule has 0 amide bonds. The van der Waals surface area contributed by atoms with Gasteiger partial charge in [0.05, 0.1) is 4.88 Å². The van der Waals surface area contributed by atoms with Crippen molar-refractivity contribution >= 4 is 17.6 Å². The lowest BCUT2D eigenvalue weighted by Crippen LogP contribution is -1.88. The van der Waals surface area contributed by atoms with Gasteiger partial charge in [0.25, 0.3) is 0 Å². The number of thiophene rings is 1. The highest BCUT2D eigenvalue weighted by atomic mass is 32.1. The van der Waals surface area contributed by atoms with Crippen LogP contribution >= 0.6 is 11.3 Å². The number of carbonyl (C=O) groups excluding carboxylic acids is 1. The molecule has 0 saturated carbocycles. The first-order chi connectivity index (χ1) is 6.79. The van der Waals surface area contributed by atoms with Crippen LogP contribution in [0.5, 0.6) is 0 Å². The molecule has 0 spiro atoms. The van der Waals surface area contributed by atoms with Crippen molar-refractivity contribution in [3.8, 4) is 11.4 Å². The molecule has 0 bridgehead atoms. The number of nitrogens with zero attached hydrogens (tertiary/aromatic N) is 2. The number of aromatic nitrogens is 2. The second kappa shape index (κ2) is 3.67. The van der Waals surface area contributed by atoms with E-state index in [1.54, 1.807) is 12.3 Å². The van der Waals surface area contributed by atoms with Gasteiger partial charge in [0.2, 0.25) is 0 Å². The molecule has 0 N–H and O–H groups in total. The highest BCUT2D eigenvalue weighted by molar-refractivity contribution is 7.12. The second-order valence-electron chi connectivity index (χ2n) is 2.88. The molecule has 0 radical (unpaired) electrons. The Kier molecular flexibility index (Phi) is 2.37. The molecule has 2 rings (SSSR count). The maximum atomic E-state index is 10.5. The van der Waals surface area contributed by atoms with Crippen LogP contribution in [0.1, 0.15) is 15.4 Å². The number of rotatable bonds is 2. The monoisotopic (exact) mass is 204 g/mol. The first-order valence-corrected chi connectivity index (χ1v) is 5.01.